The Labute approximate surface area is 123 Å². The van der Waals surface area contributed by atoms with E-state index < -0.39 is 9.84 Å². The lowest BCUT2D eigenvalue weighted by molar-refractivity contribution is 0.155. The average Bonchev–Trinajstić information content (AvgIpc) is 2.33. The molecule has 0 bridgehead atoms. The van der Waals surface area contributed by atoms with Crippen LogP contribution >= 0.6 is 15.9 Å². The fourth-order valence-electron chi connectivity index (χ4n) is 2.48. The molecule has 0 heterocycles. The van der Waals surface area contributed by atoms with Gasteiger partial charge in [-0.2, -0.15) is 0 Å². The Morgan fingerprint density at radius 1 is 1.32 bits per heavy atom. The largest absolute Gasteiger partial charge is 0.490 e. The number of benzene rings is 1. The molecule has 2 atom stereocenters. The normalized spacial score (nSPS) is 24.2. The fourth-order valence-corrected chi connectivity index (χ4v) is 3.98. The third kappa shape index (κ3) is 3.96. The minimum absolute atomic E-state index is 0.00137. The van der Waals surface area contributed by atoms with Gasteiger partial charge >= 0.3 is 0 Å². The molecular weight excluding hydrogens is 328 g/mol. The number of aryl methyl sites for hydroxylation is 1. The first-order valence-electron chi connectivity index (χ1n) is 6.48. The van der Waals surface area contributed by atoms with Crippen molar-refractivity contribution in [2.24, 2.45) is 0 Å². The molecule has 1 aromatic carbocycles. The molecule has 106 valence electrons. The van der Waals surface area contributed by atoms with Crippen LogP contribution in [0, 0.1) is 6.92 Å². The van der Waals surface area contributed by atoms with E-state index in [1.165, 1.54) is 6.26 Å². The number of hydrogen-bond donors (Lipinski definition) is 0. The van der Waals surface area contributed by atoms with E-state index in [9.17, 15) is 8.42 Å². The van der Waals surface area contributed by atoms with Crippen molar-refractivity contribution in [1.29, 1.82) is 0 Å². The zero-order valence-corrected chi connectivity index (χ0v) is 13.6. The molecular formula is C14H19BrO3S. The summed E-state index contributed by atoms with van der Waals surface area (Å²) >= 11 is 3.43. The van der Waals surface area contributed by atoms with Crippen molar-refractivity contribution in [1.82, 2.24) is 0 Å². The monoisotopic (exact) mass is 346 g/mol. The number of hydrogen-bond acceptors (Lipinski definition) is 3. The van der Waals surface area contributed by atoms with Gasteiger partial charge in [0.1, 0.15) is 15.6 Å². The van der Waals surface area contributed by atoms with E-state index in [2.05, 4.69) is 15.9 Å². The Kier molecular flexibility index (Phi) is 4.56. The molecule has 3 nitrogen and oxygen atoms in total. The van der Waals surface area contributed by atoms with Crippen LogP contribution < -0.4 is 4.74 Å². The Balaban J connectivity index is 2.09. The molecule has 2 unspecified atom stereocenters. The van der Waals surface area contributed by atoms with Crippen molar-refractivity contribution >= 4 is 25.8 Å². The van der Waals surface area contributed by atoms with Crippen molar-refractivity contribution in [3.63, 3.8) is 0 Å². The second-order valence-electron chi connectivity index (χ2n) is 5.27. The van der Waals surface area contributed by atoms with Crippen LogP contribution in [0.3, 0.4) is 0 Å². The van der Waals surface area contributed by atoms with Crippen molar-refractivity contribution in [3.8, 4) is 5.75 Å². The number of ether oxygens (including phenoxy) is 1. The highest BCUT2D eigenvalue weighted by Gasteiger charge is 2.30. The van der Waals surface area contributed by atoms with Gasteiger partial charge in [-0.15, -0.1) is 0 Å². The van der Waals surface area contributed by atoms with Crippen molar-refractivity contribution in [3.05, 3.63) is 28.2 Å². The van der Waals surface area contributed by atoms with Gasteiger partial charge in [0.15, 0.2) is 0 Å². The van der Waals surface area contributed by atoms with Crippen LogP contribution in [0.25, 0.3) is 0 Å². The lowest BCUT2D eigenvalue weighted by Crippen LogP contribution is -2.33. The van der Waals surface area contributed by atoms with Gasteiger partial charge < -0.3 is 4.74 Å². The van der Waals surface area contributed by atoms with Gasteiger partial charge in [-0.3, -0.25) is 0 Å². The summed E-state index contributed by atoms with van der Waals surface area (Å²) < 4.78 is 30.3. The second-order valence-corrected chi connectivity index (χ2v) is 8.51. The highest BCUT2D eigenvalue weighted by atomic mass is 79.9. The highest BCUT2D eigenvalue weighted by molar-refractivity contribution is 9.10. The summed E-state index contributed by atoms with van der Waals surface area (Å²) in [6, 6.07) is 5.91. The molecule has 0 spiro atoms. The van der Waals surface area contributed by atoms with Crippen LogP contribution in [0.15, 0.2) is 22.7 Å². The number of rotatable bonds is 3. The molecule has 2 rings (SSSR count). The highest BCUT2D eigenvalue weighted by Crippen LogP contribution is 2.30. The molecule has 1 fully saturated rings. The van der Waals surface area contributed by atoms with Crippen LogP contribution in [-0.2, 0) is 9.84 Å². The van der Waals surface area contributed by atoms with Crippen LogP contribution in [0.1, 0.15) is 31.2 Å². The molecule has 0 N–H and O–H groups in total. The molecule has 0 amide bonds. The Morgan fingerprint density at radius 3 is 2.74 bits per heavy atom. The Bertz CT molecular complexity index is 554. The maximum atomic E-state index is 11.6. The van der Waals surface area contributed by atoms with Crippen LogP contribution in [0.2, 0.25) is 0 Å². The standard InChI is InChI=1S/C14H19BrO3S/c1-10-6-7-11(15)8-14(10)18-12-4-3-5-13(9-12)19(2,16)17/h6-8,12-13H,3-5,9H2,1-2H3. The first-order chi connectivity index (χ1) is 8.86. The molecule has 5 heteroatoms. The number of halogens is 1. The predicted molar refractivity (Wildman–Crippen MR) is 80.4 cm³/mol. The molecule has 1 saturated carbocycles. The van der Waals surface area contributed by atoms with Gasteiger partial charge in [-0.25, -0.2) is 8.42 Å². The van der Waals surface area contributed by atoms with Gasteiger partial charge in [-0.05, 0) is 43.9 Å². The maximum absolute atomic E-state index is 11.6. The molecule has 0 radical (unpaired) electrons. The van der Waals surface area contributed by atoms with Gasteiger partial charge in [0, 0.05) is 17.1 Å². The summed E-state index contributed by atoms with van der Waals surface area (Å²) in [4.78, 5) is 0. The lowest BCUT2D eigenvalue weighted by Gasteiger charge is -2.29. The maximum Gasteiger partial charge on any atom is 0.150 e. The smallest absolute Gasteiger partial charge is 0.150 e. The van der Waals surface area contributed by atoms with Crippen LogP contribution in [0.4, 0.5) is 0 Å². The molecule has 1 aliphatic rings. The summed E-state index contributed by atoms with van der Waals surface area (Å²) in [5.74, 6) is 0.841. The number of sulfone groups is 1. The molecule has 19 heavy (non-hydrogen) atoms. The second kappa shape index (κ2) is 5.83. The quantitative estimate of drug-likeness (QED) is 0.841. The summed E-state index contributed by atoms with van der Waals surface area (Å²) in [5.41, 5.74) is 1.07. The summed E-state index contributed by atoms with van der Waals surface area (Å²) in [6.07, 6.45) is 4.53. The molecule has 0 aromatic heterocycles. The van der Waals surface area contributed by atoms with Crippen LogP contribution in [0.5, 0.6) is 5.75 Å². The third-order valence-corrected chi connectivity index (χ3v) is 5.76. The summed E-state index contributed by atoms with van der Waals surface area (Å²) in [6.45, 7) is 2.00. The van der Waals surface area contributed by atoms with Crippen molar-refractivity contribution < 1.29 is 13.2 Å². The molecule has 0 saturated heterocycles. The SMILES string of the molecule is Cc1ccc(Br)cc1OC1CCCC(S(C)(=O)=O)C1. The molecule has 1 aromatic rings. The zero-order chi connectivity index (χ0) is 14.0. The van der Waals surface area contributed by atoms with E-state index >= 15 is 0 Å². The van der Waals surface area contributed by atoms with E-state index in [1.54, 1.807) is 0 Å². The van der Waals surface area contributed by atoms with E-state index in [0.29, 0.717) is 6.42 Å². The third-order valence-electron chi connectivity index (χ3n) is 3.63. The van der Waals surface area contributed by atoms with Crippen LogP contribution in [-0.4, -0.2) is 26.0 Å². The minimum Gasteiger partial charge on any atom is -0.490 e. The average molecular weight is 347 g/mol. The summed E-state index contributed by atoms with van der Waals surface area (Å²) in [7, 11) is -2.96. The minimum atomic E-state index is -2.96. The van der Waals surface area contributed by atoms with E-state index in [0.717, 1.165) is 35.0 Å². The first kappa shape index (κ1) is 14.9. The molecule has 1 aliphatic carbocycles. The topological polar surface area (TPSA) is 43.4 Å². The predicted octanol–water partition coefficient (Wildman–Crippen LogP) is 3.49. The first-order valence-corrected chi connectivity index (χ1v) is 9.22. The van der Waals surface area contributed by atoms with Gasteiger partial charge in [0.25, 0.3) is 0 Å². The van der Waals surface area contributed by atoms with E-state index in [4.69, 9.17) is 4.74 Å². The Morgan fingerprint density at radius 2 is 2.05 bits per heavy atom. The Hall–Kier alpha value is -0.550. The zero-order valence-electron chi connectivity index (χ0n) is 11.2. The van der Waals surface area contributed by atoms with Crippen molar-refractivity contribution in [2.45, 2.75) is 44.0 Å². The summed E-state index contributed by atoms with van der Waals surface area (Å²) in [5, 5.41) is -0.251. The van der Waals surface area contributed by atoms with E-state index in [-0.39, 0.29) is 11.4 Å². The van der Waals surface area contributed by atoms with Gasteiger partial charge in [-0.1, -0.05) is 22.0 Å². The van der Waals surface area contributed by atoms with Crippen molar-refractivity contribution in [2.75, 3.05) is 6.26 Å². The fraction of sp³-hybridized carbons (Fsp3) is 0.571. The van der Waals surface area contributed by atoms with Gasteiger partial charge in [0.05, 0.1) is 11.4 Å². The van der Waals surface area contributed by atoms with E-state index in [1.807, 2.05) is 25.1 Å². The van der Waals surface area contributed by atoms with Gasteiger partial charge in [0.2, 0.25) is 0 Å². The lowest BCUT2D eigenvalue weighted by atomic mass is 9.97. The molecule has 0 aliphatic heterocycles.